The van der Waals surface area contributed by atoms with Crippen LogP contribution in [0.4, 0.5) is 0 Å². The van der Waals surface area contributed by atoms with Gasteiger partial charge in [0.25, 0.3) is 15.9 Å². The molecule has 1 heterocycles. The van der Waals surface area contributed by atoms with Crippen LogP contribution in [0.3, 0.4) is 0 Å². The molecule has 0 spiro atoms. The Kier molecular flexibility index (Phi) is 5.08. The van der Waals surface area contributed by atoms with Gasteiger partial charge in [0.1, 0.15) is 11.3 Å². The Labute approximate surface area is 151 Å². The third kappa shape index (κ3) is 3.62. The number of sulfonamides is 1. The van der Waals surface area contributed by atoms with Crippen LogP contribution < -0.4 is 10.2 Å². The molecule has 0 unspecified atom stereocenters. The van der Waals surface area contributed by atoms with Crippen LogP contribution in [-0.2, 0) is 21.4 Å². The number of hydrogen-bond donors (Lipinski definition) is 2. The molecule has 0 saturated carbocycles. The number of carbonyl (C=O) groups excluding carboxylic acids is 1. The van der Waals surface area contributed by atoms with Crippen molar-refractivity contribution in [2.45, 2.75) is 18.4 Å². The fourth-order valence-corrected chi connectivity index (χ4v) is 3.46. The molecule has 1 amide bonds. The Morgan fingerprint density at radius 2 is 1.81 bits per heavy atom. The van der Waals surface area contributed by atoms with Crippen LogP contribution in [-0.4, -0.2) is 21.4 Å². The third-order valence-corrected chi connectivity index (χ3v) is 5.22. The van der Waals surface area contributed by atoms with Gasteiger partial charge in [-0.2, -0.15) is 0 Å². The van der Waals surface area contributed by atoms with E-state index in [-0.39, 0.29) is 10.8 Å². The molecular weight excluding hydrogens is 356 g/mol. The van der Waals surface area contributed by atoms with E-state index in [0.29, 0.717) is 12.1 Å². The molecule has 2 aromatic carbocycles. The third-order valence-electron chi connectivity index (χ3n) is 3.95. The number of hydrogen-bond acceptors (Lipinski definition) is 5. The van der Waals surface area contributed by atoms with Crippen LogP contribution in [0.15, 0.2) is 57.8 Å². The summed E-state index contributed by atoms with van der Waals surface area (Å²) >= 11 is 0. The summed E-state index contributed by atoms with van der Waals surface area (Å²) < 4.78 is 29.3. The maximum Gasteiger partial charge on any atom is 0.262 e. The van der Waals surface area contributed by atoms with E-state index in [2.05, 4.69) is 10.2 Å². The lowest BCUT2D eigenvalue weighted by molar-refractivity contribution is 0.0951. The van der Waals surface area contributed by atoms with E-state index in [9.17, 15) is 13.2 Å². The number of carbonyl (C=O) groups is 1. The Bertz CT molecular complexity index is 1040. The maximum atomic E-state index is 12.3. The van der Waals surface area contributed by atoms with Crippen molar-refractivity contribution in [1.82, 2.24) is 10.2 Å². The summed E-state index contributed by atoms with van der Waals surface area (Å²) in [5.74, 6) is 0.442. The van der Waals surface area contributed by atoms with Gasteiger partial charge in [-0.05, 0) is 37.3 Å². The topological polar surface area (TPSA) is 97.6 Å². The minimum atomic E-state index is -3.75. The molecule has 0 aliphatic rings. The zero-order valence-electron chi connectivity index (χ0n) is 14.3. The molecule has 0 bridgehead atoms. The van der Waals surface area contributed by atoms with E-state index in [1.807, 2.05) is 36.1 Å². The van der Waals surface area contributed by atoms with Gasteiger partial charge in [-0.3, -0.25) is 9.63 Å². The first kappa shape index (κ1) is 18.1. The summed E-state index contributed by atoms with van der Waals surface area (Å²) in [4.78, 5) is 18.7. The van der Waals surface area contributed by atoms with Crippen LogP contribution in [0.2, 0.25) is 0 Å². The normalized spacial score (nSPS) is 11.6. The van der Waals surface area contributed by atoms with Gasteiger partial charge >= 0.3 is 0 Å². The van der Waals surface area contributed by atoms with Gasteiger partial charge in [0.05, 0.1) is 12.0 Å². The van der Waals surface area contributed by atoms with E-state index in [1.165, 1.54) is 31.4 Å². The number of para-hydroxylation sites is 1. The fourth-order valence-electron chi connectivity index (χ4n) is 2.65. The van der Waals surface area contributed by atoms with E-state index in [0.717, 1.165) is 22.3 Å². The van der Waals surface area contributed by atoms with Crippen molar-refractivity contribution in [2.24, 2.45) is 0 Å². The highest BCUT2D eigenvalue weighted by atomic mass is 32.2. The van der Waals surface area contributed by atoms with Crippen LogP contribution >= 0.6 is 0 Å². The number of nitrogens with one attached hydrogen (secondary N) is 2. The summed E-state index contributed by atoms with van der Waals surface area (Å²) in [6.07, 6.45) is 0. The summed E-state index contributed by atoms with van der Waals surface area (Å²) in [6, 6.07) is 13.2. The van der Waals surface area contributed by atoms with Crippen molar-refractivity contribution in [2.75, 3.05) is 7.11 Å². The lowest BCUT2D eigenvalue weighted by Gasteiger charge is -2.07. The first-order valence-corrected chi connectivity index (χ1v) is 9.31. The summed E-state index contributed by atoms with van der Waals surface area (Å²) in [6.45, 7) is 2.16. The molecule has 0 fully saturated rings. The highest BCUT2D eigenvalue weighted by molar-refractivity contribution is 7.89. The number of amides is 1. The smallest absolute Gasteiger partial charge is 0.262 e. The first-order valence-electron chi connectivity index (χ1n) is 7.82. The fraction of sp³-hybridized carbons (Fsp3) is 0.167. The second-order valence-corrected chi connectivity index (χ2v) is 7.28. The molecule has 3 rings (SSSR count). The van der Waals surface area contributed by atoms with Crippen molar-refractivity contribution in [3.05, 3.63) is 65.4 Å². The summed E-state index contributed by atoms with van der Waals surface area (Å²) in [5, 5.41) is 3.78. The van der Waals surface area contributed by atoms with Crippen LogP contribution in [0.1, 0.15) is 21.7 Å². The van der Waals surface area contributed by atoms with Gasteiger partial charge in [0, 0.05) is 23.1 Å². The standard InChI is InChI=1S/C18H18N2O5S/c1-12-16(15-5-3-4-6-17(15)25-12)11-19-18(21)13-7-9-14(10-8-13)26(22,23)20-24-2/h3-10,20H,11H2,1-2H3,(H,19,21). The number of aryl methyl sites for hydroxylation is 1. The monoisotopic (exact) mass is 374 g/mol. The molecule has 26 heavy (non-hydrogen) atoms. The number of furan rings is 1. The highest BCUT2D eigenvalue weighted by Crippen LogP contribution is 2.25. The minimum absolute atomic E-state index is 0.00701. The molecule has 2 N–H and O–H groups in total. The van der Waals surface area contributed by atoms with Gasteiger partial charge in [-0.1, -0.05) is 23.1 Å². The van der Waals surface area contributed by atoms with Crippen molar-refractivity contribution >= 4 is 26.9 Å². The lowest BCUT2D eigenvalue weighted by atomic mass is 10.1. The molecule has 0 aliphatic heterocycles. The zero-order valence-corrected chi connectivity index (χ0v) is 15.1. The molecule has 0 atom stereocenters. The predicted octanol–water partition coefficient (Wildman–Crippen LogP) is 2.51. The van der Waals surface area contributed by atoms with Crippen molar-refractivity contribution in [3.8, 4) is 0 Å². The second-order valence-electron chi connectivity index (χ2n) is 5.63. The average molecular weight is 374 g/mol. The predicted molar refractivity (Wildman–Crippen MR) is 95.9 cm³/mol. The first-order chi connectivity index (χ1) is 12.4. The Morgan fingerprint density at radius 3 is 2.50 bits per heavy atom. The average Bonchev–Trinajstić information content (AvgIpc) is 2.95. The molecule has 8 heteroatoms. The highest BCUT2D eigenvalue weighted by Gasteiger charge is 2.15. The van der Waals surface area contributed by atoms with Gasteiger partial charge in [0.15, 0.2) is 0 Å². The molecule has 0 aliphatic carbocycles. The largest absolute Gasteiger partial charge is 0.461 e. The number of benzene rings is 2. The van der Waals surface area contributed by atoms with Crippen LogP contribution in [0, 0.1) is 6.92 Å². The molecule has 136 valence electrons. The molecular formula is C18H18N2O5S. The Morgan fingerprint density at radius 1 is 1.12 bits per heavy atom. The molecule has 0 radical (unpaired) electrons. The Balaban J connectivity index is 1.73. The van der Waals surface area contributed by atoms with Crippen LogP contribution in [0.5, 0.6) is 0 Å². The van der Waals surface area contributed by atoms with Crippen LogP contribution in [0.25, 0.3) is 11.0 Å². The lowest BCUT2D eigenvalue weighted by Crippen LogP contribution is -2.24. The summed E-state index contributed by atoms with van der Waals surface area (Å²) in [5.41, 5.74) is 2.04. The Hall–Kier alpha value is -2.68. The van der Waals surface area contributed by atoms with Gasteiger partial charge in [-0.25, -0.2) is 8.42 Å². The van der Waals surface area contributed by atoms with E-state index in [1.54, 1.807) is 0 Å². The second kappa shape index (κ2) is 7.28. The van der Waals surface area contributed by atoms with E-state index in [4.69, 9.17) is 4.42 Å². The minimum Gasteiger partial charge on any atom is -0.461 e. The number of fused-ring (bicyclic) bond motifs is 1. The van der Waals surface area contributed by atoms with E-state index >= 15 is 0 Å². The molecule has 1 aromatic heterocycles. The van der Waals surface area contributed by atoms with Gasteiger partial charge < -0.3 is 9.73 Å². The van der Waals surface area contributed by atoms with E-state index < -0.39 is 10.0 Å². The van der Waals surface area contributed by atoms with Crippen molar-refractivity contribution < 1.29 is 22.5 Å². The van der Waals surface area contributed by atoms with Crippen molar-refractivity contribution in [1.29, 1.82) is 0 Å². The quantitative estimate of drug-likeness (QED) is 0.646. The van der Waals surface area contributed by atoms with Gasteiger partial charge in [-0.15, -0.1) is 0 Å². The van der Waals surface area contributed by atoms with Crippen molar-refractivity contribution in [3.63, 3.8) is 0 Å². The maximum absolute atomic E-state index is 12.3. The molecule has 3 aromatic rings. The SMILES string of the molecule is CONS(=O)(=O)c1ccc(C(=O)NCc2c(C)oc3ccccc23)cc1. The van der Waals surface area contributed by atoms with Gasteiger partial charge in [0.2, 0.25) is 0 Å². The summed E-state index contributed by atoms with van der Waals surface area (Å²) in [7, 11) is -2.54. The zero-order chi connectivity index (χ0) is 18.7. The molecule has 0 saturated heterocycles. The number of rotatable bonds is 6. The molecule has 7 nitrogen and oxygen atoms in total.